The summed E-state index contributed by atoms with van der Waals surface area (Å²) in [6, 6.07) is 0. The van der Waals surface area contributed by atoms with Crippen LogP contribution < -0.4 is 5.32 Å². The van der Waals surface area contributed by atoms with Crippen molar-refractivity contribution < 1.29 is 21.6 Å². The van der Waals surface area contributed by atoms with Crippen LogP contribution in [0.25, 0.3) is 0 Å². The highest BCUT2D eigenvalue weighted by atomic mass is 32.2. The quantitative estimate of drug-likeness (QED) is 0.804. The Bertz CT molecular complexity index is 407. The van der Waals surface area contributed by atoms with Gasteiger partial charge in [0, 0.05) is 39.3 Å². The Hall–Kier alpha value is -0.380. The van der Waals surface area contributed by atoms with Crippen LogP contribution in [0.4, 0.5) is 13.2 Å². The van der Waals surface area contributed by atoms with Crippen molar-refractivity contribution >= 4 is 10.2 Å². The minimum Gasteiger partial charge on any atom is -0.314 e. The Labute approximate surface area is 110 Å². The first-order chi connectivity index (χ1) is 8.82. The summed E-state index contributed by atoms with van der Waals surface area (Å²) in [6.07, 6.45) is -4.05. The lowest BCUT2D eigenvalue weighted by molar-refractivity contribution is -0.182. The minimum atomic E-state index is -4.32. The summed E-state index contributed by atoms with van der Waals surface area (Å²) in [6.45, 7) is 1.44. The second kappa shape index (κ2) is 5.55. The molecule has 112 valence electrons. The molecular formula is C10H18F3N3O2S. The summed E-state index contributed by atoms with van der Waals surface area (Å²) >= 11 is 0. The minimum absolute atomic E-state index is 0.0110. The fourth-order valence-corrected chi connectivity index (χ4v) is 4.16. The van der Waals surface area contributed by atoms with Crippen molar-refractivity contribution in [3.63, 3.8) is 0 Å². The van der Waals surface area contributed by atoms with E-state index in [-0.39, 0.29) is 19.4 Å². The van der Waals surface area contributed by atoms with E-state index in [2.05, 4.69) is 5.32 Å². The second-order valence-electron chi connectivity index (χ2n) is 4.90. The molecule has 2 heterocycles. The number of rotatable bonds is 2. The van der Waals surface area contributed by atoms with Crippen molar-refractivity contribution in [2.45, 2.75) is 19.0 Å². The highest BCUT2D eigenvalue weighted by Gasteiger charge is 2.45. The molecule has 9 heteroatoms. The largest absolute Gasteiger partial charge is 0.393 e. The second-order valence-corrected chi connectivity index (χ2v) is 6.82. The van der Waals surface area contributed by atoms with Crippen molar-refractivity contribution in [1.29, 1.82) is 0 Å². The SMILES string of the molecule is O=S(=O)(N1CCNCC1)N1CCCC(C(F)(F)F)C1. The van der Waals surface area contributed by atoms with Crippen LogP contribution >= 0.6 is 0 Å². The van der Waals surface area contributed by atoms with Crippen LogP contribution in [-0.4, -0.2) is 62.5 Å². The summed E-state index contributed by atoms with van der Waals surface area (Å²) in [4.78, 5) is 0. The number of halogens is 3. The molecule has 0 saturated carbocycles. The molecule has 2 saturated heterocycles. The van der Waals surface area contributed by atoms with Crippen LogP contribution in [0.5, 0.6) is 0 Å². The fourth-order valence-electron chi connectivity index (χ4n) is 2.46. The van der Waals surface area contributed by atoms with E-state index in [1.807, 2.05) is 0 Å². The molecule has 2 aliphatic rings. The van der Waals surface area contributed by atoms with Gasteiger partial charge in [-0.3, -0.25) is 0 Å². The molecule has 1 unspecified atom stereocenters. The van der Waals surface area contributed by atoms with Gasteiger partial charge in [-0.25, -0.2) is 0 Å². The summed E-state index contributed by atoms with van der Waals surface area (Å²) in [5, 5.41) is 3.02. The third-order valence-corrected chi connectivity index (χ3v) is 5.58. The Morgan fingerprint density at radius 3 is 2.26 bits per heavy atom. The molecule has 1 atom stereocenters. The van der Waals surface area contributed by atoms with Gasteiger partial charge in [0.25, 0.3) is 10.2 Å². The highest BCUT2D eigenvalue weighted by molar-refractivity contribution is 7.86. The molecule has 0 aromatic carbocycles. The van der Waals surface area contributed by atoms with E-state index in [4.69, 9.17) is 0 Å². The zero-order valence-electron chi connectivity index (χ0n) is 10.5. The number of hydrogen-bond acceptors (Lipinski definition) is 3. The number of piperidine rings is 1. The molecule has 19 heavy (non-hydrogen) atoms. The van der Waals surface area contributed by atoms with Gasteiger partial charge in [-0.1, -0.05) is 0 Å². The number of hydrogen-bond donors (Lipinski definition) is 1. The van der Waals surface area contributed by atoms with Gasteiger partial charge >= 0.3 is 6.18 Å². The third kappa shape index (κ3) is 3.39. The normalized spacial score (nSPS) is 28.5. The lowest BCUT2D eigenvalue weighted by Crippen LogP contribution is -2.54. The summed E-state index contributed by atoms with van der Waals surface area (Å²) in [5.41, 5.74) is 0. The summed E-state index contributed by atoms with van der Waals surface area (Å²) < 4.78 is 64.9. The van der Waals surface area contributed by atoms with E-state index >= 15 is 0 Å². The van der Waals surface area contributed by atoms with Gasteiger partial charge < -0.3 is 5.32 Å². The standard InChI is InChI=1S/C10H18F3N3O2S/c11-10(12,13)9-2-1-5-16(8-9)19(17,18)15-6-3-14-4-7-15/h9,14H,1-8H2. The first kappa shape index (κ1) is 15.0. The Morgan fingerprint density at radius 1 is 1.05 bits per heavy atom. The molecule has 5 nitrogen and oxygen atoms in total. The van der Waals surface area contributed by atoms with E-state index < -0.39 is 28.8 Å². The molecule has 2 aliphatic heterocycles. The Kier molecular flexibility index (Phi) is 4.38. The summed E-state index contributed by atoms with van der Waals surface area (Å²) in [5.74, 6) is -1.54. The monoisotopic (exact) mass is 301 g/mol. The van der Waals surface area contributed by atoms with Crippen LogP contribution in [0.15, 0.2) is 0 Å². The Balaban J connectivity index is 2.07. The van der Waals surface area contributed by atoms with Crippen LogP contribution in [0, 0.1) is 5.92 Å². The van der Waals surface area contributed by atoms with Crippen molar-refractivity contribution in [1.82, 2.24) is 13.9 Å². The predicted molar refractivity (Wildman–Crippen MR) is 63.7 cm³/mol. The van der Waals surface area contributed by atoms with Gasteiger partial charge in [0.15, 0.2) is 0 Å². The number of nitrogens with one attached hydrogen (secondary N) is 1. The first-order valence-corrected chi connectivity index (χ1v) is 7.74. The Morgan fingerprint density at radius 2 is 1.68 bits per heavy atom. The van der Waals surface area contributed by atoms with Gasteiger partial charge in [0.1, 0.15) is 0 Å². The zero-order chi connectivity index (χ0) is 14.1. The maximum Gasteiger partial charge on any atom is 0.393 e. The van der Waals surface area contributed by atoms with Gasteiger partial charge in [-0.05, 0) is 12.8 Å². The zero-order valence-corrected chi connectivity index (χ0v) is 11.3. The lowest BCUT2D eigenvalue weighted by Gasteiger charge is -2.37. The van der Waals surface area contributed by atoms with Gasteiger partial charge in [0.05, 0.1) is 5.92 Å². The maximum atomic E-state index is 12.7. The molecule has 0 bridgehead atoms. The van der Waals surface area contributed by atoms with E-state index in [0.29, 0.717) is 26.2 Å². The van der Waals surface area contributed by atoms with E-state index in [9.17, 15) is 21.6 Å². The highest BCUT2D eigenvalue weighted by Crippen LogP contribution is 2.34. The molecular weight excluding hydrogens is 283 g/mol. The van der Waals surface area contributed by atoms with E-state index in [0.717, 1.165) is 4.31 Å². The molecule has 0 aromatic heterocycles. The van der Waals surface area contributed by atoms with Crippen LogP contribution in [-0.2, 0) is 10.2 Å². The molecule has 2 rings (SSSR count). The molecule has 0 amide bonds. The van der Waals surface area contributed by atoms with Crippen LogP contribution in [0.3, 0.4) is 0 Å². The van der Waals surface area contributed by atoms with Gasteiger partial charge in [-0.2, -0.15) is 30.2 Å². The van der Waals surface area contributed by atoms with Crippen molar-refractivity contribution in [3.05, 3.63) is 0 Å². The average molecular weight is 301 g/mol. The van der Waals surface area contributed by atoms with Crippen molar-refractivity contribution in [2.75, 3.05) is 39.3 Å². The fraction of sp³-hybridized carbons (Fsp3) is 1.00. The third-order valence-electron chi connectivity index (χ3n) is 3.58. The molecule has 1 N–H and O–H groups in total. The summed E-state index contributed by atoms with van der Waals surface area (Å²) in [7, 11) is -3.75. The predicted octanol–water partition coefficient (Wildman–Crippen LogP) is 0.411. The van der Waals surface area contributed by atoms with Crippen molar-refractivity contribution in [2.24, 2.45) is 5.92 Å². The first-order valence-electron chi connectivity index (χ1n) is 6.34. The number of alkyl halides is 3. The lowest BCUT2D eigenvalue weighted by atomic mass is 9.99. The van der Waals surface area contributed by atoms with E-state index in [1.54, 1.807) is 0 Å². The van der Waals surface area contributed by atoms with E-state index in [1.165, 1.54) is 4.31 Å². The van der Waals surface area contributed by atoms with Gasteiger partial charge in [-0.15, -0.1) is 0 Å². The number of piperazine rings is 1. The topological polar surface area (TPSA) is 52.7 Å². The smallest absolute Gasteiger partial charge is 0.314 e. The molecule has 0 radical (unpaired) electrons. The molecule has 2 fully saturated rings. The molecule has 0 spiro atoms. The van der Waals surface area contributed by atoms with Gasteiger partial charge in [0.2, 0.25) is 0 Å². The maximum absolute atomic E-state index is 12.7. The number of nitrogens with zero attached hydrogens (tertiary/aromatic N) is 2. The molecule has 0 aliphatic carbocycles. The average Bonchev–Trinajstić information content (AvgIpc) is 2.39. The van der Waals surface area contributed by atoms with Crippen molar-refractivity contribution in [3.8, 4) is 0 Å². The van der Waals surface area contributed by atoms with Crippen LogP contribution in [0.2, 0.25) is 0 Å². The molecule has 0 aromatic rings. The van der Waals surface area contributed by atoms with Crippen LogP contribution in [0.1, 0.15) is 12.8 Å².